The molecule has 1 aliphatic rings. The van der Waals surface area contributed by atoms with E-state index in [1.54, 1.807) is 6.08 Å². The first-order chi connectivity index (χ1) is 4.79. The van der Waals surface area contributed by atoms with E-state index < -0.39 is 0 Å². The fourth-order valence-corrected chi connectivity index (χ4v) is 0.961. The predicted octanol–water partition coefficient (Wildman–Crippen LogP) is 2.71. The first kappa shape index (κ1) is 9.41. The molecule has 0 saturated carbocycles. The summed E-state index contributed by atoms with van der Waals surface area (Å²) >= 11 is 0. The van der Waals surface area contributed by atoms with Crippen molar-refractivity contribution in [3.8, 4) is 0 Å². The lowest BCUT2D eigenvalue weighted by Gasteiger charge is -2.04. The van der Waals surface area contributed by atoms with Gasteiger partial charge in [0, 0.05) is 6.42 Å². The van der Waals surface area contributed by atoms with Gasteiger partial charge >= 0.3 is 0 Å². The van der Waals surface area contributed by atoms with E-state index in [0.717, 1.165) is 19.3 Å². The molecule has 0 aromatic rings. The van der Waals surface area contributed by atoms with Crippen LogP contribution in [0.1, 0.15) is 40.0 Å². The average Bonchev–Trinajstić information content (AvgIpc) is 1.91. The topological polar surface area (TPSA) is 17.1 Å². The van der Waals surface area contributed by atoms with E-state index in [4.69, 9.17) is 0 Å². The Morgan fingerprint density at radius 2 is 1.90 bits per heavy atom. The SMILES string of the molecule is CC.CC1=CC(=O)CCC1. The maximum absolute atomic E-state index is 10.6. The van der Waals surface area contributed by atoms with Crippen LogP contribution >= 0.6 is 0 Å². The molecule has 0 aliphatic heterocycles. The Balaban J connectivity index is 0.000000371. The van der Waals surface area contributed by atoms with Crippen molar-refractivity contribution in [2.24, 2.45) is 0 Å². The summed E-state index contributed by atoms with van der Waals surface area (Å²) < 4.78 is 0. The molecule has 0 aromatic carbocycles. The second-order valence-corrected chi connectivity index (χ2v) is 2.31. The fourth-order valence-electron chi connectivity index (χ4n) is 0.961. The van der Waals surface area contributed by atoms with Crippen LogP contribution in [0.3, 0.4) is 0 Å². The molecule has 58 valence electrons. The third kappa shape index (κ3) is 3.44. The third-order valence-electron chi connectivity index (χ3n) is 1.40. The minimum Gasteiger partial charge on any atom is -0.295 e. The molecule has 0 N–H and O–H groups in total. The van der Waals surface area contributed by atoms with Crippen molar-refractivity contribution in [2.45, 2.75) is 40.0 Å². The molecule has 0 saturated heterocycles. The lowest BCUT2D eigenvalue weighted by atomic mass is 10.0. The monoisotopic (exact) mass is 140 g/mol. The number of hydrogen-bond acceptors (Lipinski definition) is 1. The molecule has 10 heavy (non-hydrogen) atoms. The lowest BCUT2D eigenvalue weighted by Crippen LogP contribution is -1.99. The quantitative estimate of drug-likeness (QED) is 0.505. The average molecular weight is 140 g/mol. The van der Waals surface area contributed by atoms with Crippen molar-refractivity contribution >= 4 is 5.78 Å². The highest BCUT2D eigenvalue weighted by Crippen LogP contribution is 2.12. The summed E-state index contributed by atoms with van der Waals surface area (Å²) in [5.41, 5.74) is 1.24. The molecule has 0 fully saturated rings. The molecule has 0 spiro atoms. The van der Waals surface area contributed by atoms with Gasteiger partial charge < -0.3 is 0 Å². The molecule has 0 aromatic heterocycles. The van der Waals surface area contributed by atoms with E-state index in [9.17, 15) is 4.79 Å². The second kappa shape index (κ2) is 5.21. The number of rotatable bonds is 0. The van der Waals surface area contributed by atoms with Crippen molar-refractivity contribution in [2.75, 3.05) is 0 Å². The van der Waals surface area contributed by atoms with Crippen LogP contribution in [0.25, 0.3) is 0 Å². The summed E-state index contributed by atoms with van der Waals surface area (Å²) in [5.74, 6) is 0.300. The number of ketones is 1. The van der Waals surface area contributed by atoms with Crippen molar-refractivity contribution in [1.82, 2.24) is 0 Å². The molecule has 0 bridgehead atoms. The lowest BCUT2D eigenvalue weighted by molar-refractivity contribution is -0.115. The smallest absolute Gasteiger partial charge is 0.155 e. The zero-order valence-corrected chi connectivity index (χ0v) is 7.11. The minimum absolute atomic E-state index is 0.300. The van der Waals surface area contributed by atoms with Crippen LogP contribution in [0, 0.1) is 0 Å². The summed E-state index contributed by atoms with van der Waals surface area (Å²) in [7, 11) is 0. The maximum Gasteiger partial charge on any atom is 0.155 e. The van der Waals surface area contributed by atoms with Crippen LogP contribution in [-0.4, -0.2) is 5.78 Å². The van der Waals surface area contributed by atoms with Crippen LogP contribution in [0.2, 0.25) is 0 Å². The normalized spacial score (nSPS) is 17.1. The van der Waals surface area contributed by atoms with Crippen LogP contribution in [-0.2, 0) is 4.79 Å². The van der Waals surface area contributed by atoms with Gasteiger partial charge in [0.1, 0.15) is 0 Å². The summed E-state index contributed by atoms with van der Waals surface area (Å²) in [5, 5.41) is 0. The standard InChI is InChI=1S/C7H10O.C2H6/c1-6-3-2-4-7(8)5-6;1-2/h5H,2-4H2,1H3;1-2H3. The highest BCUT2D eigenvalue weighted by Gasteiger charge is 2.04. The van der Waals surface area contributed by atoms with Gasteiger partial charge in [-0.3, -0.25) is 4.79 Å². The molecule has 0 heterocycles. The van der Waals surface area contributed by atoms with Gasteiger partial charge in [-0.1, -0.05) is 19.4 Å². The Hall–Kier alpha value is -0.590. The molecule has 1 nitrogen and oxygen atoms in total. The van der Waals surface area contributed by atoms with Gasteiger partial charge in [0.25, 0.3) is 0 Å². The number of hydrogen-bond donors (Lipinski definition) is 0. The molecule has 1 heteroatoms. The van der Waals surface area contributed by atoms with E-state index in [2.05, 4.69) is 0 Å². The zero-order chi connectivity index (χ0) is 7.98. The Labute approximate surface area is 63.1 Å². The second-order valence-electron chi connectivity index (χ2n) is 2.31. The molecular formula is C9H16O. The predicted molar refractivity (Wildman–Crippen MR) is 44.0 cm³/mol. The molecular weight excluding hydrogens is 124 g/mol. The summed E-state index contributed by atoms with van der Waals surface area (Å²) in [4.78, 5) is 10.6. The Morgan fingerprint density at radius 1 is 1.30 bits per heavy atom. The first-order valence-corrected chi connectivity index (χ1v) is 3.99. The van der Waals surface area contributed by atoms with E-state index in [-0.39, 0.29) is 0 Å². The number of carbonyl (C=O) groups is 1. The van der Waals surface area contributed by atoms with Crippen LogP contribution < -0.4 is 0 Å². The van der Waals surface area contributed by atoms with Gasteiger partial charge in [-0.15, -0.1) is 0 Å². The summed E-state index contributed by atoms with van der Waals surface area (Å²) in [6.45, 7) is 6.01. The molecule has 0 unspecified atom stereocenters. The van der Waals surface area contributed by atoms with Crippen molar-refractivity contribution in [3.05, 3.63) is 11.6 Å². The van der Waals surface area contributed by atoms with Crippen LogP contribution in [0.15, 0.2) is 11.6 Å². The minimum atomic E-state index is 0.300. The largest absolute Gasteiger partial charge is 0.295 e. The van der Waals surface area contributed by atoms with E-state index in [1.165, 1.54) is 5.57 Å². The summed E-state index contributed by atoms with van der Waals surface area (Å²) in [6.07, 6.45) is 4.69. The number of carbonyl (C=O) groups excluding carboxylic acids is 1. The molecule has 0 radical (unpaired) electrons. The van der Waals surface area contributed by atoms with E-state index in [1.807, 2.05) is 20.8 Å². The van der Waals surface area contributed by atoms with Crippen LogP contribution in [0.5, 0.6) is 0 Å². The van der Waals surface area contributed by atoms with Gasteiger partial charge in [0.15, 0.2) is 5.78 Å². The van der Waals surface area contributed by atoms with Gasteiger partial charge in [-0.05, 0) is 25.8 Å². The molecule has 0 atom stereocenters. The van der Waals surface area contributed by atoms with Crippen molar-refractivity contribution in [1.29, 1.82) is 0 Å². The Kier molecular flexibility index (Phi) is 4.91. The number of allylic oxidation sites excluding steroid dienone is 2. The van der Waals surface area contributed by atoms with E-state index in [0.29, 0.717) is 5.78 Å². The molecule has 1 rings (SSSR count). The maximum atomic E-state index is 10.6. The summed E-state index contributed by atoms with van der Waals surface area (Å²) in [6, 6.07) is 0. The zero-order valence-electron chi connectivity index (χ0n) is 7.11. The van der Waals surface area contributed by atoms with Gasteiger partial charge in [0.05, 0.1) is 0 Å². The molecule has 1 aliphatic carbocycles. The van der Waals surface area contributed by atoms with E-state index >= 15 is 0 Å². The Morgan fingerprint density at radius 3 is 2.20 bits per heavy atom. The molecule has 0 amide bonds. The van der Waals surface area contributed by atoms with Gasteiger partial charge in [-0.25, -0.2) is 0 Å². The van der Waals surface area contributed by atoms with Gasteiger partial charge in [-0.2, -0.15) is 0 Å². The highest BCUT2D eigenvalue weighted by atomic mass is 16.1. The van der Waals surface area contributed by atoms with Crippen molar-refractivity contribution < 1.29 is 4.79 Å². The fraction of sp³-hybridized carbons (Fsp3) is 0.667. The van der Waals surface area contributed by atoms with Gasteiger partial charge in [0.2, 0.25) is 0 Å². The third-order valence-corrected chi connectivity index (χ3v) is 1.40. The Bertz CT molecular complexity index is 134. The van der Waals surface area contributed by atoms with Crippen LogP contribution in [0.4, 0.5) is 0 Å². The highest BCUT2D eigenvalue weighted by molar-refractivity contribution is 5.90. The first-order valence-electron chi connectivity index (χ1n) is 3.99. The van der Waals surface area contributed by atoms with Crippen molar-refractivity contribution in [3.63, 3.8) is 0 Å².